The largest absolute Gasteiger partial charge is 0.465 e. The highest BCUT2D eigenvalue weighted by Crippen LogP contribution is 2.37. The standard InChI is InChI=1S/C23H26N4O6S2/c1-2-33-23(28)17-26-21-14-9-15-22(20(21)16-24-26)27(35(31,32)19-12-7-4-8-13-19)25-34(29,30)18-10-5-3-6-11-18/h3-8,10-13,16,22,25H,2,9,14-15,17H2,1H3. The number of hydrazine groups is 1. The number of nitrogens with one attached hydrogen (secondary N) is 1. The fraction of sp³-hybridized carbons (Fsp3) is 0.304. The van der Waals surface area contributed by atoms with Gasteiger partial charge in [-0.1, -0.05) is 36.4 Å². The number of rotatable bonds is 9. The zero-order valence-corrected chi connectivity index (χ0v) is 20.7. The van der Waals surface area contributed by atoms with E-state index in [1.807, 2.05) is 0 Å². The van der Waals surface area contributed by atoms with E-state index in [9.17, 15) is 21.6 Å². The Bertz CT molecular complexity index is 1390. The molecule has 0 fully saturated rings. The Morgan fingerprint density at radius 1 is 1.06 bits per heavy atom. The molecule has 0 radical (unpaired) electrons. The molecule has 1 atom stereocenters. The number of carbonyl (C=O) groups is 1. The number of fused-ring (bicyclic) bond motifs is 1. The van der Waals surface area contributed by atoms with Crippen LogP contribution in [0.3, 0.4) is 0 Å². The highest BCUT2D eigenvalue weighted by molar-refractivity contribution is 7.92. The number of sulfonamides is 2. The van der Waals surface area contributed by atoms with Crippen LogP contribution >= 0.6 is 0 Å². The first kappa shape index (κ1) is 25.0. The number of ether oxygens (including phenoxy) is 1. The Balaban J connectivity index is 1.77. The second-order valence-electron chi connectivity index (χ2n) is 7.94. The number of hydrogen-bond acceptors (Lipinski definition) is 7. The molecule has 4 rings (SSSR count). The van der Waals surface area contributed by atoms with Gasteiger partial charge in [-0.15, -0.1) is 9.25 Å². The van der Waals surface area contributed by atoms with Crippen LogP contribution in [0.4, 0.5) is 0 Å². The molecule has 10 nitrogen and oxygen atoms in total. The highest BCUT2D eigenvalue weighted by Gasteiger charge is 2.39. The molecule has 1 aromatic heterocycles. The minimum absolute atomic E-state index is 0.0539. The quantitative estimate of drug-likeness (QED) is 0.340. The van der Waals surface area contributed by atoms with E-state index in [-0.39, 0.29) is 22.9 Å². The summed E-state index contributed by atoms with van der Waals surface area (Å²) in [6.07, 6.45) is 2.99. The summed E-state index contributed by atoms with van der Waals surface area (Å²) in [5.74, 6) is -0.459. The summed E-state index contributed by atoms with van der Waals surface area (Å²) >= 11 is 0. The van der Waals surface area contributed by atoms with Gasteiger partial charge >= 0.3 is 5.97 Å². The number of hydrogen-bond donors (Lipinski definition) is 1. The molecular formula is C23H26N4O6S2. The van der Waals surface area contributed by atoms with Crippen molar-refractivity contribution in [2.75, 3.05) is 6.61 Å². The summed E-state index contributed by atoms with van der Waals surface area (Å²) in [7, 11) is -8.52. The van der Waals surface area contributed by atoms with Gasteiger partial charge in [0.15, 0.2) is 0 Å². The van der Waals surface area contributed by atoms with E-state index in [0.29, 0.717) is 30.5 Å². The maximum absolute atomic E-state index is 13.7. The van der Waals surface area contributed by atoms with E-state index >= 15 is 0 Å². The first-order valence-corrected chi connectivity index (χ1v) is 14.0. The summed E-state index contributed by atoms with van der Waals surface area (Å²) in [5, 5.41) is 4.28. The SMILES string of the molecule is CCOC(=O)Cn1ncc2c1CCCC2N(NS(=O)(=O)c1ccccc1)S(=O)(=O)c1ccccc1. The molecule has 1 aliphatic carbocycles. The Hall–Kier alpha value is -3.06. The average Bonchev–Trinajstić information content (AvgIpc) is 3.26. The van der Waals surface area contributed by atoms with Gasteiger partial charge in [-0.3, -0.25) is 9.48 Å². The molecule has 1 heterocycles. The molecular weight excluding hydrogens is 492 g/mol. The molecule has 186 valence electrons. The van der Waals surface area contributed by atoms with Crippen molar-refractivity contribution in [1.82, 2.24) is 19.0 Å². The predicted molar refractivity (Wildman–Crippen MR) is 127 cm³/mol. The van der Waals surface area contributed by atoms with Crippen LogP contribution in [0.25, 0.3) is 0 Å². The van der Waals surface area contributed by atoms with Crippen molar-refractivity contribution < 1.29 is 26.4 Å². The monoisotopic (exact) mass is 518 g/mol. The molecule has 0 aliphatic heterocycles. The molecule has 2 aromatic carbocycles. The third-order valence-corrected chi connectivity index (χ3v) is 8.84. The summed E-state index contributed by atoms with van der Waals surface area (Å²) in [6.45, 7) is 1.82. The summed E-state index contributed by atoms with van der Waals surface area (Å²) in [4.78, 5) is 14.2. The van der Waals surface area contributed by atoms with Crippen molar-refractivity contribution in [2.24, 2.45) is 0 Å². The molecule has 0 saturated carbocycles. The maximum Gasteiger partial charge on any atom is 0.327 e. The lowest BCUT2D eigenvalue weighted by Gasteiger charge is -2.33. The van der Waals surface area contributed by atoms with E-state index < -0.39 is 32.1 Å². The molecule has 1 aliphatic rings. The number of esters is 1. The molecule has 3 aromatic rings. The van der Waals surface area contributed by atoms with Crippen LogP contribution in [0.2, 0.25) is 0 Å². The summed E-state index contributed by atoms with van der Waals surface area (Å²) in [5.41, 5.74) is 1.21. The van der Waals surface area contributed by atoms with Gasteiger partial charge in [0.05, 0.1) is 28.6 Å². The van der Waals surface area contributed by atoms with Crippen LogP contribution in [0.15, 0.2) is 76.7 Å². The number of aromatic nitrogens is 2. The van der Waals surface area contributed by atoms with Crippen LogP contribution in [0.1, 0.15) is 37.1 Å². The lowest BCUT2D eigenvalue weighted by Crippen LogP contribution is -2.48. The van der Waals surface area contributed by atoms with Gasteiger partial charge in [0.25, 0.3) is 20.0 Å². The van der Waals surface area contributed by atoms with Crippen molar-refractivity contribution in [2.45, 2.75) is 48.6 Å². The second-order valence-corrected chi connectivity index (χ2v) is 11.4. The third kappa shape index (κ3) is 5.30. The summed E-state index contributed by atoms with van der Waals surface area (Å²) < 4.78 is 61.1. The van der Waals surface area contributed by atoms with Crippen molar-refractivity contribution in [3.05, 3.63) is 78.1 Å². The van der Waals surface area contributed by atoms with Gasteiger partial charge in [0, 0.05) is 11.3 Å². The van der Waals surface area contributed by atoms with E-state index in [2.05, 4.69) is 9.93 Å². The van der Waals surface area contributed by atoms with E-state index in [1.54, 1.807) is 43.3 Å². The van der Waals surface area contributed by atoms with Crippen molar-refractivity contribution in [3.63, 3.8) is 0 Å². The van der Waals surface area contributed by atoms with Crippen LogP contribution in [-0.2, 0) is 42.5 Å². The Kier molecular flexibility index (Phi) is 7.36. The number of nitrogens with zero attached hydrogens (tertiary/aromatic N) is 3. The molecule has 0 spiro atoms. The lowest BCUT2D eigenvalue weighted by molar-refractivity contribution is -0.144. The minimum atomic E-state index is -4.29. The van der Waals surface area contributed by atoms with Crippen LogP contribution < -0.4 is 4.83 Å². The minimum Gasteiger partial charge on any atom is -0.465 e. The second kappa shape index (κ2) is 10.3. The molecule has 0 saturated heterocycles. The number of benzene rings is 2. The Morgan fingerprint density at radius 3 is 2.31 bits per heavy atom. The smallest absolute Gasteiger partial charge is 0.327 e. The molecule has 1 unspecified atom stereocenters. The van der Waals surface area contributed by atoms with Gasteiger partial charge in [0.1, 0.15) is 6.54 Å². The zero-order chi connectivity index (χ0) is 25.1. The molecule has 1 N–H and O–H groups in total. The maximum atomic E-state index is 13.7. The van der Waals surface area contributed by atoms with Crippen LogP contribution in [0, 0.1) is 0 Å². The fourth-order valence-corrected chi connectivity index (χ4v) is 7.02. The topological polar surface area (TPSA) is 128 Å². The van der Waals surface area contributed by atoms with Gasteiger partial charge in [-0.2, -0.15) is 5.10 Å². The first-order chi connectivity index (χ1) is 16.7. The molecule has 0 bridgehead atoms. The van der Waals surface area contributed by atoms with Gasteiger partial charge in [-0.25, -0.2) is 16.8 Å². The molecule has 35 heavy (non-hydrogen) atoms. The highest BCUT2D eigenvalue weighted by atomic mass is 32.2. The fourth-order valence-electron chi connectivity index (χ4n) is 4.06. The van der Waals surface area contributed by atoms with E-state index in [4.69, 9.17) is 4.74 Å². The first-order valence-electron chi connectivity index (χ1n) is 11.1. The Labute approximate surface area is 204 Å². The summed E-state index contributed by atoms with van der Waals surface area (Å²) in [6, 6.07) is 14.3. The molecule has 12 heteroatoms. The van der Waals surface area contributed by atoms with Crippen LogP contribution in [0.5, 0.6) is 0 Å². The van der Waals surface area contributed by atoms with Crippen molar-refractivity contribution in [1.29, 1.82) is 0 Å². The average molecular weight is 519 g/mol. The third-order valence-electron chi connectivity index (χ3n) is 5.66. The van der Waals surface area contributed by atoms with Gasteiger partial charge in [0.2, 0.25) is 0 Å². The Morgan fingerprint density at radius 2 is 1.69 bits per heavy atom. The number of carbonyl (C=O) groups excluding carboxylic acids is 1. The molecule has 0 amide bonds. The van der Waals surface area contributed by atoms with E-state index in [1.165, 1.54) is 35.1 Å². The normalized spacial score (nSPS) is 16.1. The lowest BCUT2D eigenvalue weighted by atomic mass is 9.93. The zero-order valence-electron chi connectivity index (χ0n) is 19.1. The van der Waals surface area contributed by atoms with Gasteiger partial charge < -0.3 is 4.74 Å². The van der Waals surface area contributed by atoms with Crippen molar-refractivity contribution in [3.8, 4) is 0 Å². The van der Waals surface area contributed by atoms with Crippen molar-refractivity contribution >= 4 is 26.0 Å². The van der Waals surface area contributed by atoms with Crippen LogP contribution in [-0.4, -0.2) is 43.6 Å². The predicted octanol–water partition coefficient (Wildman–Crippen LogP) is 2.41. The van der Waals surface area contributed by atoms with E-state index in [0.717, 1.165) is 4.41 Å². The van der Waals surface area contributed by atoms with Gasteiger partial charge in [-0.05, 0) is 50.5 Å².